The molecule has 6 heteroatoms. The lowest BCUT2D eigenvalue weighted by Gasteiger charge is -2.05. The van der Waals surface area contributed by atoms with Gasteiger partial charge in [0, 0.05) is 29.9 Å². The van der Waals surface area contributed by atoms with Crippen LogP contribution in [0.3, 0.4) is 0 Å². The van der Waals surface area contributed by atoms with Crippen molar-refractivity contribution in [1.29, 1.82) is 0 Å². The van der Waals surface area contributed by atoms with E-state index >= 15 is 0 Å². The molecule has 1 aromatic carbocycles. The number of aromatic amines is 1. The number of hydrogen-bond donors (Lipinski definition) is 3. The molecule has 2 aromatic heterocycles. The van der Waals surface area contributed by atoms with Crippen LogP contribution in [0, 0.1) is 0 Å². The predicted octanol–water partition coefficient (Wildman–Crippen LogP) is 1.47. The number of H-pyrrole nitrogens is 1. The highest BCUT2D eigenvalue weighted by Gasteiger charge is 2.09. The van der Waals surface area contributed by atoms with Gasteiger partial charge in [0.1, 0.15) is 0 Å². The van der Waals surface area contributed by atoms with Crippen molar-refractivity contribution in [2.24, 2.45) is 0 Å². The van der Waals surface area contributed by atoms with Crippen LogP contribution in [-0.2, 0) is 6.54 Å². The smallest absolute Gasteiger partial charge is 0.251 e. The van der Waals surface area contributed by atoms with Gasteiger partial charge in [-0.1, -0.05) is 0 Å². The highest BCUT2D eigenvalue weighted by molar-refractivity contribution is 6.00. The summed E-state index contributed by atoms with van der Waals surface area (Å²) in [6.45, 7) is 0.459. The van der Waals surface area contributed by atoms with Crippen molar-refractivity contribution in [2.45, 2.75) is 6.54 Å². The van der Waals surface area contributed by atoms with Gasteiger partial charge < -0.3 is 11.1 Å². The molecule has 0 saturated carbocycles. The van der Waals surface area contributed by atoms with Crippen molar-refractivity contribution in [3.05, 3.63) is 53.9 Å². The third-order valence-electron chi connectivity index (χ3n) is 3.06. The van der Waals surface area contributed by atoms with Crippen molar-refractivity contribution < 1.29 is 4.79 Å². The van der Waals surface area contributed by atoms with Crippen molar-refractivity contribution in [3.8, 4) is 0 Å². The van der Waals surface area contributed by atoms with E-state index in [1.54, 1.807) is 30.6 Å². The van der Waals surface area contributed by atoms with Gasteiger partial charge in [-0.15, -0.1) is 0 Å². The second kappa shape index (κ2) is 5.00. The Hall–Kier alpha value is -2.89. The summed E-state index contributed by atoms with van der Waals surface area (Å²) in [6.07, 6.45) is 3.39. The van der Waals surface area contributed by atoms with Gasteiger partial charge in [-0.2, -0.15) is 5.10 Å². The Balaban J connectivity index is 1.77. The van der Waals surface area contributed by atoms with Gasteiger partial charge >= 0.3 is 0 Å². The van der Waals surface area contributed by atoms with Crippen molar-refractivity contribution in [3.63, 3.8) is 0 Å². The maximum absolute atomic E-state index is 12.1. The van der Waals surface area contributed by atoms with E-state index in [1.807, 2.05) is 12.1 Å². The maximum atomic E-state index is 12.1. The molecule has 0 fully saturated rings. The highest BCUT2D eigenvalue weighted by Crippen LogP contribution is 2.19. The summed E-state index contributed by atoms with van der Waals surface area (Å²) in [6, 6.07) is 8.98. The van der Waals surface area contributed by atoms with Gasteiger partial charge in [-0.05, 0) is 35.9 Å². The molecule has 100 valence electrons. The molecular formula is C14H13N5O. The molecule has 6 nitrogen and oxygen atoms in total. The molecule has 4 N–H and O–H groups in total. The van der Waals surface area contributed by atoms with Gasteiger partial charge in [-0.25, -0.2) is 0 Å². The zero-order valence-corrected chi connectivity index (χ0v) is 10.6. The van der Waals surface area contributed by atoms with Gasteiger partial charge in [-0.3, -0.25) is 14.9 Å². The number of aromatic nitrogens is 3. The van der Waals surface area contributed by atoms with E-state index in [1.165, 1.54) is 0 Å². The third kappa shape index (κ3) is 2.31. The molecule has 0 saturated heterocycles. The van der Waals surface area contributed by atoms with Gasteiger partial charge in [0.25, 0.3) is 5.91 Å². The molecule has 0 atom stereocenters. The second-order valence-corrected chi connectivity index (χ2v) is 4.41. The van der Waals surface area contributed by atoms with E-state index in [-0.39, 0.29) is 5.91 Å². The van der Waals surface area contributed by atoms with Crippen molar-refractivity contribution in [1.82, 2.24) is 20.5 Å². The summed E-state index contributed by atoms with van der Waals surface area (Å²) in [5.41, 5.74) is 8.10. The Labute approximate surface area is 115 Å². The molecule has 20 heavy (non-hydrogen) atoms. The molecule has 3 rings (SSSR count). The number of amides is 1. The van der Waals surface area contributed by atoms with Crippen LogP contribution < -0.4 is 11.1 Å². The summed E-state index contributed by atoms with van der Waals surface area (Å²) in [5.74, 6) is 0.244. The SMILES string of the molecule is Nc1n[nH]c2ccc(C(=O)NCc3ccncc3)cc12. The van der Waals surface area contributed by atoms with Crippen LogP contribution >= 0.6 is 0 Å². The summed E-state index contributed by atoms with van der Waals surface area (Å²) in [4.78, 5) is 16.0. The first-order chi connectivity index (χ1) is 9.74. The monoisotopic (exact) mass is 267 g/mol. The molecule has 0 aliphatic carbocycles. The van der Waals surface area contributed by atoms with E-state index < -0.39 is 0 Å². The molecule has 0 radical (unpaired) electrons. The number of nitrogens with zero attached hydrogens (tertiary/aromatic N) is 2. The number of anilines is 1. The summed E-state index contributed by atoms with van der Waals surface area (Å²) >= 11 is 0. The first-order valence-corrected chi connectivity index (χ1v) is 6.15. The first kappa shape index (κ1) is 12.2. The van der Waals surface area contributed by atoms with E-state index in [0.29, 0.717) is 17.9 Å². The fourth-order valence-corrected chi connectivity index (χ4v) is 1.96. The molecule has 2 heterocycles. The van der Waals surface area contributed by atoms with E-state index in [2.05, 4.69) is 20.5 Å². The highest BCUT2D eigenvalue weighted by atomic mass is 16.1. The van der Waals surface area contributed by atoms with Crippen LogP contribution in [0.2, 0.25) is 0 Å². The number of benzene rings is 1. The van der Waals surface area contributed by atoms with Gasteiger partial charge in [0.05, 0.1) is 5.52 Å². The molecule has 0 bridgehead atoms. The number of nitrogens with two attached hydrogens (primary N) is 1. The third-order valence-corrected chi connectivity index (χ3v) is 3.06. The lowest BCUT2D eigenvalue weighted by atomic mass is 10.1. The quantitative estimate of drug-likeness (QED) is 0.669. The Bertz CT molecular complexity index is 751. The predicted molar refractivity (Wildman–Crippen MR) is 75.9 cm³/mol. The second-order valence-electron chi connectivity index (χ2n) is 4.41. The fourth-order valence-electron chi connectivity index (χ4n) is 1.96. The standard InChI is InChI=1S/C14H13N5O/c15-13-11-7-10(1-2-12(11)18-19-13)14(20)17-8-9-3-5-16-6-4-9/h1-7H,8H2,(H,17,20)(H3,15,18,19). The normalized spacial score (nSPS) is 10.6. The van der Waals surface area contributed by atoms with E-state index in [0.717, 1.165) is 16.5 Å². The maximum Gasteiger partial charge on any atom is 0.251 e. The molecule has 1 amide bonds. The number of carbonyl (C=O) groups is 1. The minimum atomic E-state index is -0.149. The molecule has 0 spiro atoms. The fraction of sp³-hybridized carbons (Fsp3) is 0.0714. The number of hydrogen-bond acceptors (Lipinski definition) is 4. The van der Waals surface area contributed by atoms with Gasteiger partial charge in [0.15, 0.2) is 5.82 Å². The Morgan fingerprint density at radius 1 is 1.25 bits per heavy atom. The first-order valence-electron chi connectivity index (χ1n) is 6.15. The largest absolute Gasteiger partial charge is 0.382 e. The van der Waals surface area contributed by atoms with Gasteiger partial charge in [0.2, 0.25) is 0 Å². The number of nitrogens with one attached hydrogen (secondary N) is 2. The number of rotatable bonds is 3. The summed E-state index contributed by atoms with van der Waals surface area (Å²) in [7, 11) is 0. The van der Waals surface area contributed by atoms with Crippen molar-refractivity contribution >= 4 is 22.6 Å². The molecule has 0 aliphatic rings. The zero-order chi connectivity index (χ0) is 13.9. The Morgan fingerprint density at radius 2 is 2.05 bits per heavy atom. The minimum Gasteiger partial charge on any atom is -0.382 e. The molecular weight excluding hydrogens is 254 g/mol. The summed E-state index contributed by atoms with van der Waals surface area (Å²) in [5, 5.41) is 10.3. The van der Waals surface area contributed by atoms with E-state index in [9.17, 15) is 4.79 Å². The van der Waals surface area contributed by atoms with Crippen LogP contribution in [0.15, 0.2) is 42.7 Å². The van der Waals surface area contributed by atoms with Crippen LogP contribution in [0.25, 0.3) is 10.9 Å². The number of pyridine rings is 1. The molecule has 0 unspecified atom stereocenters. The number of nitrogen functional groups attached to an aromatic ring is 1. The van der Waals surface area contributed by atoms with Crippen LogP contribution in [-0.4, -0.2) is 21.1 Å². The molecule has 3 aromatic rings. The zero-order valence-electron chi connectivity index (χ0n) is 10.6. The van der Waals surface area contributed by atoms with E-state index in [4.69, 9.17) is 5.73 Å². The minimum absolute atomic E-state index is 0.149. The average molecular weight is 267 g/mol. The Morgan fingerprint density at radius 3 is 2.85 bits per heavy atom. The van der Waals surface area contributed by atoms with Crippen LogP contribution in [0.1, 0.15) is 15.9 Å². The molecule has 0 aliphatic heterocycles. The lowest BCUT2D eigenvalue weighted by molar-refractivity contribution is 0.0951. The Kier molecular flexibility index (Phi) is 3.04. The number of carbonyl (C=O) groups excluding carboxylic acids is 1. The average Bonchev–Trinajstić information content (AvgIpc) is 2.87. The topological polar surface area (TPSA) is 96.7 Å². The summed E-state index contributed by atoms with van der Waals surface area (Å²) < 4.78 is 0. The van der Waals surface area contributed by atoms with Crippen LogP contribution in [0.5, 0.6) is 0 Å². The van der Waals surface area contributed by atoms with Crippen molar-refractivity contribution in [2.75, 3.05) is 5.73 Å². The lowest BCUT2D eigenvalue weighted by Crippen LogP contribution is -2.22. The number of fused-ring (bicyclic) bond motifs is 1. The van der Waals surface area contributed by atoms with Crippen LogP contribution in [0.4, 0.5) is 5.82 Å².